The van der Waals surface area contributed by atoms with Crippen LogP contribution in [0.3, 0.4) is 0 Å². The van der Waals surface area contributed by atoms with Gasteiger partial charge in [0.2, 0.25) is 0 Å². The van der Waals surface area contributed by atoms with Gasteiger partial charge in [0.05, 0.1) is 7.14 Å². The number of phenols is 2. The Hall–Kier alpha value is -0.220. The van der Waals surface area contributed by atoms with Gasteiger partial charge in [0.15, 0.2) is 11.5 Å². The molecule has 0 spiro atoms. The third-order valence-corrected chi connectivity index (χ3v) is 6.97. The van der Waals surface area contributed by atoms with Crippen molar-refractivity contribution in [3.63, 3.8) is 0 Å². The summed E-state index contributed by atoms with van der Waals surface area (Å²) in [5.41, 5.74) is 1.36. The van der Waals surface area contributed by atoms with Crippen LogP contribution in [0, 0.1) is 14.3 Å². The Bertz CT molecular complexity index is 1030. The lowest BCUT2D eigenvalue weighted by molar-refractivity contribution is 0.476. The maximum Gasteiger partial charge on any atom is 0.155 e. The Kier molecular flexibility index (Phi) is 6.99. The molecule has 0 amide bonds. The molecule has 0 aliphatic carbocycles. The highest BCUT2D eigenvalue weighted by Crippen LogP contribution is 2.32. The summed E-state index contributed by atoms with van der Waals surface area (Å²) in [6.07, 6.45) is 3.38. The van der Waals surface area contributed by atoms with Crippen LogP contribution in [0.15, 0.2) is 48.8 Å². The van der Waals surface area contributed by atoms with Crippen molar-refractivity contribution in [2.45, 2.75) is 0 Å². The first-order chi connectivity index (χ1) is 12.4. The second kappa shape index (κ2) is 8.86. The van der Waals surface area contributed by atoms with E-state index in [1.165, 1.54) is 0 Å². The van der Waals surface area contributed by atoms with Crippen LogP contribution in [0.2, 0.25) is 0 Å². The monoisotopic (exact) mass is 794 g/mol. The quantitative estimate of drug-likeness (QED) is 0.206. The molecule has 26 heavy (non-hydrogen) atoms. The number of hydrogen-bond donors (Lipinski definition) is 2. The first-order valence-corrected chi connectivity index (χ1v) is 11.5. The van der Waals surface area contributed by atoms with Gasteiger partial charge in [-0.1, -0.05) is 12.1 Å². The van der Waals surface area contributed by atoms with Crippen LogP contribution in [-0.2, 0) is 0 Å². The molecule has 2 aromatic heterocycles. The highest BCUT2D eigenvalue weighted by atomic mass is 127. The second-order valence-corrected chi connectivity index (χ2v) is 9.83. The van der Waals surface area contributed by atoms with Gasteiger partial charge in [-0.3, -0.25) is 9.97 Å². The molecule has 132 valence electrons. The minimum Gasteiger partial charge on any atom is -0.505 e. The van der Waals surface area contributed by atoms with Crippen LogP contribution in [0.5, 0.6) is 11.5 Å². The van der Waals surface area contributed by atoms with Crippen molar-refractivity contribution in [3.8, 4) is 11.5 Å². The molecule has 0 radical (unpaired) electrons. The molecular weight excluding hydrogens is 784 g/mol. The van der Waals surface area contributed by atoms with E-state index in [0.29, 0.717) is 11.0 Å². The number of nitrogens with zero attached hydrogens (tertiary/aromatic N) is 2. The van der Waals surface area contributed by atoms with Crippen molar-refractivity contribution in [1.29, 1.82) is 0 Å². The summed E-state index contributed by atoms with van der Waals surface area (Å²) in [4.78, 5) is 8.29. The van der Waals surface area contributed by atoms with E-state index in [4.69, 9.17) is 0 Å². The standard InChI is InChI=1S/2C9H5I2NO/c2*10-6-4-7(11)9(13)8-5(6)2-1-3-12-8/h2*1-4,13H. The highest BCUT2D eigenvalue weighted by molar-refractivity contribution is 14.1. The zero-order valence-electron chi connectivity index (χ0n) is 12.9. The number of hydrogen-bond acceptors (Lipinski definition) is 4. The second-order valence-electron chi connectivity index (χ2n) is 5.18. The normalized spacial score (nSPS) is 10.6. The van der Waals surface area contributed by atoms with E-state index in [-0.39, 0.29) is 11.5 Å². The summed E-state index contributed by atoms with van der Waals surface area (Å²) in [5, 5.41) is 21.4. The van der Waals surface area contributed by atoms with E-state index in [1.54, 1.807) is 12.4 Å². The molecule has 0 aliphatic heterocycles. The average Bonchev–Trinajstić information content (AvgIpc) is 2.65. The number of phenolic OH excluding ortho intramolecular Hbond substituents is 2. The molecular formula is C18H10I4N2O2. The summed E-state index contributed by atoms with van der Waals surface area (Å²) >= 11 is 8.70. The highest BCUT2D eigenvalue weighted by Gasteiger charge is 2.09. The molecule has 4 rings (SSSR count). The van der Waals surface area contributed by atoms with Crippen LogP contribution in [0.4, 0.5) is 0 Å². The lowest BCUT2D eigenvalue weighted by Gasteiger charge is -2.03. The number of pyridine rings is 2. The molecule has 0 unspecified atom stereocenters. The van der Waals surface area contributed by atoms with E-state index in [1.807, 2.05) is 36.4 Å². The Balaban J connectivity index is 0.000000151. The molecule has 2 N–H and O–H groups in total. The van der Waals surface area contributed by atoms with Crippen molar-refractivity contribution >= 4 is 112 Å². The van der Waals surface area contributed by atoms with Crippen LogP contribution >= 0.6 is 90.4 Å². The first-order valence-electron chi connectivity index (χ1n) is 7.23. The number of rotatable bonds is 0. The average molecular weight is 794 g/mol. The van der Waals surface area contributed by atoms with Crippen molar-refractivity contribution in [3.05, 3.63) is 63.1 Å². The third-order valence-electron chi connectivity index (χ3n) is 3.54. The number of aromatic hydroxyl groups is 2. The topological polar surface area (TPSA) is 66.2 Å². The van der Waals surface area contributed by atoms with Crippen molar-refractivity contribution in [2.24, 2.45) is 0 Å². The fraction of sp³-hybridized carbons (Fsp3) is 0. The third kappa shape index (κ3) is 4.27. The van der Waals surface area contributed by atoms with E-state index in [2.05, 4.69) is 100 Å². The molecule has 0 atom stereocenters. The molecule has 0 saturated carbocycles. The van der Waals surface area contributed by atoms with E-state index in [9.17, 15) is 10.2 Å². The van der Waals surface area contributed by atoms with Gasteiger partial charge >= 0.3 is 0 Å². The lowest BCUT2D eigenvalue weighted by atomic mass is 10.2. The van der Waals surface area contributed by atoms with Crippen molar-refractivity contribution < 1.29 is 10.2 Å². The largest absolute Gasteiger partial charge is 0.505 e. The summed E-state index contributed by atoms with van der Waals surface area (Å²) in [7, 11) is 0. The Labute approximate surface area is 204 Å². The molecule has 0 saturated heterocycles. The molecule has 2 aromatic carbocycles. The molecule has 2 heterocycles. The van der Waals surface area contributed by atoms with Gasteiger partial charge in [0.25, 0.3) is 0 Å². The van der Waals surface area contributed by atoms with Crippen molar-refractivity contribution in [2.75, 3.05) is 0 Å². The van der Waals surface area contributed by atoms with E-state index >= 15 is 0 Å². The van der Waals surface area contributed by atoms with Crippen LogP contribution in [0.25, 0.3) is 21.8 Å². The summed E-state index contributed by atoms with van der Waals surface area (Å²) in [5.74, 6) is 0.549. The number of benzene rings is 2. The molecule has 8 heteroatoms. The van der Waals surface area contributed by atoms with Crippen molar-refractivity contribution in [1.82, 2.24) is 9.97 Å². The number of fused-ring (bicyclic) bond motifs is 2. The van der Waals surface area contributed by atoms with Gasteiger partial charge in [0.1, 0.15) is 11.0 Å². The van der Waals surface area contributed by atoms with Gasteiger partial charge in [-0.25, -0.2) is 0 Å². The number of halogens is 4. The fourth-order valence-electron chi connectivity index (χ4n) is 2.31. The fourth-order valence-corrected chi connectivity index (χ4v) is 6.13. The molecule has 0 fully saturated rings. The Morgan fingerprint density at radius 3 is 1.38 bits per heavy atom. The molecule has 0 bridgehead atoms. The summed E-state index contributed by atoms with van der Waals surface area (Å²) < 4.78 is 3.91. The first kappa shape index (κ1) is 20.5. The van der Waals surface area contributed by atoms with E-state index in [0.717, 1.165) is 25.1 Å². The minimum absolute atomic E-state index is 0.275. The van der Waals surface area contributed by atoms with Crippen LogP contribution in [0.1, 0.15) is 0 Å². The Morgan fingerprint density at radius 2 is 1.00 bits per heavy atom. The smallest absolute Gasteiger partial charge is 0.155 e. The van der Waals surface area contributed by atoms with Crippen LogP contribution in [-0.4, -0.2) is 20.2 Å². The van der Waals surface area contributed by atoms with Gasteiger partial charge in [-0.15, -0.1) is 0 Å². The summed E-state index contributed by atoms with van der Waals surface area (Å²) in [6, 6.07) is 11.5. The SMILES string of the molecule is Oc1c(I)cc(I)c2cccnc12.Oc1c(I)cc(I)c2cccnc12. The zero-order valence-corrected chi connectivity index (χ0v) is 21.5. The lowest BCUT2D eigenvalue weighted by Crippen LogP contribution is -1.85. The van der Waals surface area contributed by atoms with Crippen LogP contribution < -0.4 is 0 Å². The molecule has 4 aromatic rings. The van der Waals surface area contributed by atoms with Gasteiger partial charge < -0.3 is 10.2 Å². The van der Waals surface area contributed by atoms with Gasteiger partial charge in [-0.05, 0) is 115 Å². The maximum absolute atomic E-state index is 9.71. The molecule has 4 nitrogen and oxygen atoms in total. The predicted molar refractivity (Wildman–Crippen MR) is 138 cm³/mol. The maximum atomic E-state index is 9.71. The zero-order chi connectivity index (χ0) is 18.8. The van der Waals surface area contributed by atoms with E-state index < -0.39 is 0 Å². The summed E-state index contributed by atoms with van der Waals surface area (Å²) in [6.45, 7) is 0. The number of aromatic nitrogens is 2. The Morgan fingerprint density at radius 1 is 0.615 bits per heavy atom. The van der Waals surface area contributed by atoms with Gasteiger partial charge in [-0.2, -0.15) is 0 Å². The van der Waals surface area contributed by atoms with Gasteiger partial charge in [0, 0.05) is 30.3 Å². The predicted octanol–water partition coefficient (Wildman–Crippen LogP) is 6.30. The molecule has 0 aliphatic rings. The minimum atomic E-state index is 0.275.